The predicted octanol–water partition coefficient (Wildman–Crippen LogP) is 2.46. The van der Waals surface area contributed by atoms with Crippen molar-refractivity contribution >= 4 is 28.6 Å². The second-order valence-corrected chi connectivity index (χ2v) is 6.51. The van der Waals surface area contributed by atoms with E-state index in [4.69, 9.17) is 9.47 Å². The van der Waals surface area contributed by atoms with Crippen LogP contribution in [0.3, 0.4) is 0 Å². The molecule has 0 spiro atoms. The van der Waals surface area contributed by atoms with Gasteiger partial charge in [0.25, 0.3) is 5.91 Å². The molecule has 0 saturated carbocycles. The Balaban J connectivity index is 1.81. The van der Waals surface area contributed by atoms with Crippen LogP contribution in [0.25, 0.3) is 10.9 Å². The SMILES string of the molecule is CC(C)(C)OC(=O)N[C@H]1COc2ccc3ncccc3c2NC1=O. The van der Waals surface area contributed by atoms with Crippen molar-refractivity contribution in [3.8, 4) is 5.75 Å². The Bertz CT molecular complexity index is 798. The van der Waals surface area contributed by atoms with E-state index in [9.17, 15) is 9.59 Å². The lowest BCUT2D eigenvalue weighted by atomic mass is 10.1. The Morgan fingerprint density at radius 1 is 1.38 bits per heavy atom. The maximum atomic E-state index is 12.4. The third-order valence-corrected chi connectivity index (χ3v) is 3.41. The van der Waals surface area contributed by atoms with E-state index < -0.39 is 17.7 Å². The number of amides is 2. The third-order valence-electron chi connectivity index (χ3n) is 3.41. The van der Waals surface area contributed by atoms with Gasteiger partial charge in [0.15, 0.2) is 0 Å². The molecule has 2 amide bonds. The number of carbonyl (C=O) groups excluding carboxylic acids is 2. The lowest BCUT2D eigenvalue weighted by Crippen LogP contribution is -2.48. The highest BCUT2D eigenvalue weighted by atomic mass is 16.6. The molecule has 7 nitrogen and oxygen atoms in total. The van der Waals surface area contributed by atoms with Gasteiger partial charge in [-0.2, -0.15) is 0 Å². The minimum Gasteiger partial charge on any atom is -0.489 e. The summed E-state index contributed by atoms with van der Waals surface area (Å²) in [5.41, 5.74) is 0.662. The Morgan fingerprint density at radius 3 is 2.92 bits per heavy atom. The summed E-state index contributed by atoms with van der Waals surface area (Å²) in [5.74, 6) is 0.174. The molecule has 24 heavy (non-hydrogen) atoms. The number of alkyl carbamates (subject to hydrolysis) is 1. The summed E-state index contributed by atoms with van der Waals surface area (Å²) in [5, 5.41) is 6.12. The lowest BCUT2D eigenvalue weighted by Gasteiger charge is -2.22. The van der Waals surface area contributed by atoms with E-state index >= 15 is 0 Å². The molecule has 1 aliphatic rings. The number of anilines is 1. The van der Waals surface area contributed by atoms with E-state index in [-0.39, 0.29) is 12.5 Å². The van der Waals surface area contributed by atoms with Crippen molar-refractivity contribution in [2.24, 2.45) is 0 Å². The van der Waals surface area contributed by atoms with Crippen LogP contribution in [0.2, 0.25) is 0 Å². The molecule has 3 rings (SSSR count). The molecule has 1 aromatic heterocycles. The van der Waals surface area contributed by atoms with Crippen molar-refractivity contribution in [2.75, 3.05) is 11.9 Å². The van der Waals surface area contributed by atoms with Gasteiger partial charge in [0, 0.05) is 11.6 Å². The molecule has 1 aliphatic heterocycles. The monoisotopic (exact) mass is 329 g/mol. The molecule has 0 bridgehead atoms. The van der Waals surface area contributed by atoms with Crippen molar-refractivity contribution in [3.63, 3.8) is 0 Å². The molecule has 2 heterocycles. The average Bonchev–Trinajstić information content (AvgIpc) is 2.65. The molecule has 0 saturated heterocycles. The molecular formula is C17H19N3O4. The summed E-state index contributed by atoms with van der Waals surface area (Å²) >= 11 is 0. The van der Waals surface area contributed by atoms with Crippen molar-refractivity contribution in [2.45, 2.75) is 32.4 Å². The molecule has 0 fully saturated rings. The first kappa shape index (κ1) is 16.0. The van der Waals surface area contributed by atoms with Crippen molar-refractivity contribution in [3.05, 3.63) is 30.5 Å². The number of carbonyl (C=O) groups is 2. The summed E-state index contributed by atoms with van der Waals surface area (Å²) in [6.45, 7) is 5.28. The Kier molecular flexibility index (Phi) is 4.01. The minimum atomic E-state index is -0.848. The zero-order chi connectivity index (χ0) is 17.3. The molecule has 2 N–H and O–H groups in total. The summed E-state index contributed by atoms with van der Waals surface area (Å²) in [4.78, 5) is 28.6. The van der Waals surface area contributed by atoms with Crippen LogP contribution in [0.5, 0.6) is 5.75 Å². The van der Waals surface area contributed by atoms with E-state index in [1.807, 2.05) is 12.1 Å². The van der Waals surface area contributed by atoms with Crippen LogP contribution < -0.4 is 15.4 Å². The van der Waals surface area contributed by atoms with Crippen LogP contribution in [0.4, 0.5) is 10.5 Å². The van der Waals surface area contributed by atoms with Crippen molar-refractivity contribution in [1.29, 1.82) is 0 Å². The number of hydrogen-bond donors (Lipinski definition) is 2. The second-order valence-electron chi connectivity index (χ2n) is 6.51. The highest BCUT2D eigenvalue weighted by molar-refractivity contribution is 6.06. The van der Waals surface area contributed by atoms with Crippen LogP contribution >= 0.6 is 0 Å². The van der Waals surface area contributed by atoms with Gasteiger partial charge >= 0.3 is 6.09 Å². The number of fused-ring (bicyclic) bond motifs is 3. The van der Waals surface area contributed by atoms with Gasteiger partial charge in [-0.15, -0.1) is 0 Å². The summed E-state index contributed by atoms with van der Waals surface area (Å²) in [6.07, 6.45) is 1.02. The number of benzene rings is 1. The number of ether oxygens (including phenoxy) is 2. The van der Waals surface area contributed by atoms with Gasteiger partial charge in [-0.05, 0) is 45.0 Å². The molecule has 1 aromatic carbocycles. The van der Waals surface area contributed by atoms with E-state index in [0.29, 0.717) is 11.4 Å². The fraction of sp³-hybridized carbons (Fsp3) is 0.353. The minimum absolute atomic E-state index is 0.0177. The topological polar surface area (TPSA) is 89.6 Å². The number of pyridine rings is 1. The van der Waals surface area contributed by atoms with Gasteiger partial charge < -0.3 is 20.1 Å². The van der Waals surface area contributed by atoms with Crippen LogP contribution in [0, 0.1) is 0 Å². The normalized spacial score (nSPS) is 17.3. The predicted molar refractivity (Wildman–Crippen MR) is 89.0 cm³/mol. The first-order valence-corrected chi connectivity index (χ1v) is 7.64. The van der Waals surface area contributed by atoms with Gasteiger partial charge in [0.05, 0.1) is 11.2 Å². The van der Waals surface area contributed by atoms with Crippen LogP contribution in [0.15, 0.2) is 30.5 Å². The first-order chi connectivity index (χ1) is 11.3. The van der Waals surface area contributed by atoms with Gasteiger partial charge in [0.1, 0.15) is 24.0 Å². The average molecular weight is 329 g/mol. The molecule has 0 radical (unpaired) electrons. The smallest absolute Gasteiger partial charge is 0.408 e. The standard InChI is InChI=1S/C17H19N3O4/c1-17(2,3)24-16(22)19-12-9-23-13-7-6-11-10(5-4-8-18-11)14(13)20-15(12)21/h4-8,12H,9H2,1-3H3,(H,19,22)(H,20,21)/t12-/m0/s1. The fourth-order valence-electron chi connectivity index (χ4n) is 2.40. The molecular weight excluding hydrogens is 310 g/mol. The highest BCUT2D eigenvalue weighted by Gasteiger charge is 2.29. The Labute approximate surface area is 139 Å². The number of nitrogens with one attached hydrogen (secondary N) is 2. The van der Waals surface area contributed by atoms with E-state index in [2.05, 4.69) is 15.6 Å². The number of aromatic nitrogens is 1. The summed E-state index contributed by atoms with van der Waals surface area (Å²) < 4.78 is 10.9. The second kappa shape index (κ2) is 5.99. The number of rotatable bonds is 1. The summed E-state index contributed by atoms with van der Waals surface area (Å²) in [7, 11) is 0. The fourth-order valence-corrected chi connectivity index (χ4v) is 2.40. The van der Waals surface area contributed by atoms with E-state index in [0.717, 1.165) is 10.9 Å². The Morgan fingerprint density at radius 2 is 2.17 bits per heavy atom. The largest absolute Gasteiger partial charge is 0.489 e. The summed E-state index contributed by atoms with van der Waals surface area (Å²) in [6, 6.07) is 6.37. The van der Waals surface area contributed by atoms with Crippen LogP contribution in [0.1, 0.15) is 20.8 Å². The quantitative estimate of drug-likeness (QED) is 0.839. The molecule has 2 aromatic rings. The molecule has 1 atom stereocenters. The van der Waals surface area contributed by atoms with E-state index in [1.54, 1.807) is 39.1 Å². The third kappa shape index (κ3) is 3.40. The molecule has 0 aliphatic carbocycles. The maximum Gasteiger partial charge on any atom is 0.408 e. The van der Waals surface area contributed by atoms with Crippen molar-refractivity contribution in [1.82, 2.24) is 10.3 Å². The van der Waals surface area contributed by atoms with Crippen LogP contribution in [-0.2, 0) is 9.53 Å². The zero-order valence-electron chi connectivity index (χ0n) is 13.8. The van der Waals surface area contributed by atoms with Gasteiger partial charge in [-0.25, -0.2) is 4.79 Å². The highest BCUT2D eigenvalue weighted by Crippen LogP contribution is 2.34. The van der Waals surface area contributed by atoms with Crippen molar-refractivity contribution < 1.29 is 19.1 Å². The Hall–Kier alpha value is -2.83. The molecule has 0 unspecified atom stereocenters. The van der Waals surface area contributed by atoms with Gasteiger partial charge in [0.2, 0.25) is 0 Å². The first-order valence-electron chi connectivity index (χ1n) is 7.64. The molecule has 126 valence electrons. The zero-order valence-corrected chi connectivity index (χ0v) is 13.8. The number of hydrogen-bond acceptors (Lipinski definition) is 5. The molecule has 7 heteroatoms. The van der Waals surface area contributed by atoms with Gasteiger partial charge in [-0.3, -0.25) is 9.78 Å². The number of nitrogens with zero attached hydrogens (tertiary/aromatic N) is 1. The lowest BCUT2D eigenvalue weighted by molar-refractivity contribution is -0.118. The maximum absolute atomic E-state index is 12.4. The van der Waals surface area contributed by atoms with Gasteiger partial charge in [-0.1, -0.05) is 0 Å². The van der Waals surface area contributed by atoms with E-state index in [1.165, 1.54) is 0 Å². The van der Waals surface area contributed by atoms with Crippen LogP contribution in [-0.4, -0.2) is 35.2 Å².